The molecule has 0 saturated heterocycles. The Morgan fingerprint density at radius 3 is 2.47 bits per heavy atom. The largest absolute Gasteiger partial charge is 0.340 e. The summed E-state index contributed by atoms with van der Waals surface area (Å²) in [6.45, 7) is 3.66. The molecule has 0 spiro atoms. The van der Waals surface area contributed by atoms with Gasteiger partial charge in [0.15, 0.2) is 5.13 Å². The number of amides is 2. The maximum Gasteiger partial charge on any atom is 0.288 e. The number of carbonyl (C=O) groups excluding carboxylic acids is 2. The average molecular weight is 514 g/mol. The minimum absolute atomic E-state index is 0.159. The Labute approximate surface area is 188 Å². The van der Waals surface area contributed by atoms with Crippen molar-refractivity contribution >= 4 is 66.2 Å². The van der Waals surface area contributed by atoms with Crippen LogP contribution in [0.1, 0.15) is 24.2 Å². The first-order valence-corrected chi connectivity index (χ1v) is 11.4. The number of hydrogen-bond acceptors (Lipinski definition) is 5. The Balaban J connectivity index is 1.72. The third-order valence-electron chi connectivity index (χ3n) is 4.16. The summed E-state index contributed by atoms with van der Waals surface area (Å²) in [7, 11) is 0. The summed E-state index contributed by atoms with van der Waals surface area (Å²) in [5.74, 6) is -3.41. The van der Waals surface area contributed by atoms with Crippen LogP contribution in [-0.4, -0.2) is 28.6 Å². The summed E-state index contributed by atoms with van der Waals surface area (Å²) in [4.78, 5) is 30.1. The molecule has 0 saturated carbocycles. The maximum absolute atomic E-state index is 12.8. The van der Waals surface area contributed by atoms with Crippen molar-refractivity contribution in [2.75, 3.05) is 5.32 Å². The lowest BCUT2D eigenvalue weighted by Gasteiger charge is -2.21. The number of nitrogens with one attached hydrogen (secondary N) is 2. The fourth-order valence-corrected chi connectivity index (χ4v) is 4.46. The van der Waals surface area contributed by atoms with Crippen LogP contribution in [0.5, 0.6) is 0 Å². The second kappa shape index (κ2) is 9.84. The molecule has 1 unspecified atom stereocenters. The first-order valence-electron chi connectivity index (χ1n) is 8.95. The molecule has 1 aromatic heterocycles. The lowest BCUT2D eigenvalue weighted by atomic mass is 10.0. The van der Waals surface area contributed by atoms with Crippen LogP contribution >= 0.6 is 39.0 Å². The minimum Gasteiger partial charge on any atom is -0.340 e. The third-order valence-corrected chi connectivity index (χ3v) is 6.32. The number of hydrogen-bond donors (Lipinski definition) is 2. The van der Waals surface area contributed by atoms with Gasteiger partial charge >= 0.3 is 0 Å². The van der Waals surface area contributed by atoms with Crippen LogP contribution in [0.15, 0.2) is 51.8 Å². The van der Waals surface area contributed by atoms with E-state index in [1.165, 1.54) is 11.3 Å². The van der Waals surface area contributed by atoms with Gasteiger partial charge in [-0.25, -0.2) is 4.98 Å². The number of halogens is 3. The van der Waals surface area contributed by atoms with Gasteiger partial charge in [0.05, 0.1) is 10.2 Å². The fourth-order valence-electron chi connectivity index (χ4n) is 2.68. The minimum atomic E-state index is -2.50. The van der Waals surface area contributed by atoms with Crippen LogP contribution < -0.4 is 10.6 Å². The highest BCUT2D eigenvalue weighted by Gasteiger charge is 2.25. The molecule has 1 atom stereocenters. The number of fused-ring (bicyclic) bond motifs is 1. The van der Waals surface area contributed by atoms with E-state index in [2.05, 4.69) is 31.5 Å². The highest BCUT2D eigenvalue weighted by molar-refractivity contribution is 9.10. The predicted octanol–water partition coefficient (Wildman–Crippen LogP) is 5.77. The monoisotopic (exact) mass is 513 g/mol. The molecule has 2 aromatic carbocycles. The third kappa shape index (κ3) is 5.77. The molecule has 0 radical (unpaired) electrons. The summed E-state index contributed by atoms with van der Waals surface area (Å²) < 4.78 is 26.7. The molecular weight excluding hydrogens is 496 g/mol. The lowest BCUT2D eigenvalue weighted by Crippen LogP contribution is -2.47. The zero-order chi connectivity index (χ0) is 21.8. The van der Waals surface area contributed by atoms with E-state index >= 15 is 0 Å². The Morgan fingerprint density at radius 2 is 1.83 bits per heavy atom. The topological polar surface area (TPSA) is 71.1 Å². The molecule has 0 bridgehead atoms. The summed E-state index contributed by atoms with van der Waals surface area (Å²) in [6, 6.07) is 10.9. The van der Waals surface area contributed by atoms with Crippen molar-refractivity contribution in [1.29, 1.82) is 0 Å². The first kappa shape index (κ1) is 22.6. The number of thioether (sulfide) groups is 1. The number of rotatable bonds is 7. The Morgan fingerprint density at radius 1 is 1.13 bits per heavy atom. The van der Waals surface area contributed by atoms with E-state index in [-0.39, 0.29) is 11.8 Å². The van der Waals surface area contributed by atoms with Crippen molar-refractivity contribution in [3.63, 3.8) is 0 Å². The number of benzene rings is 2. The number of carbonyl (C=O) groups is 2. The van der Waals surface area contributed by atoms with Crippen molar-refractivity contribution in [2.24, 2.45) is 5.92 Å². The van der Waals surface area contributed by atoms with Crippen LogP contribution in [0.3, 0.4) is 0 Å². The van der Waals surface area contributed by atoms with E-state index in [0.717, 1.165) is 4.47 Å². The molecule has 3 rings (SSSR count). The van der Waals surface area contributed by atoms with Gasteiger partial charge in [-0.05, 0) is 48.4 Å². The molecule has 5 nitrogen and oxygen atoms in total. The van der Waals surface area contributed by atoms with Crippen LogP contribution in [0, 0.1) is 5.92 Å². The molecule has 1 heterocycles. The van der Waals surface area contributed by atoms with Gasteiger partial charge in [0.2, 0.25) is 5.91 Å². The molecular formula is C20H18BrF2N3O2S2. The van der Waals surface area contributed by atoms with Gasteiger partial charge in [-0.15, -0.1) is 0 Å². The molecule has 2 N–H and O–H groups in total. The van der Waals surface area contributed by atoms with Crippen LogP contribution in [0.2, 0.25) is 0 Å². The van der Waals surface area contributed by atoms with Gasteiger partial charge in [-0.1, -0.05) is 52.9 Å². The van der Waals surface area contributed by atoms with E-state index in [1.54, 1.807) is 42.5 Å². The lowest BCUT2D eigenvalue weighted by molar-refractivity contribution is -0.118. The Hall–Kier alpha value is -2.04. The highest BCUT2D eigenvalue weighted by Crippen LogP contribution is 2.32. The van der Waals surface area contributed by atoms with E-state index in [1.807, 2.05) is 13.8 Å². The molecule has 10 heteroatoms. The van der Waals surface area contributed by atoms with Crippen LogP contribution in [0.4, 0.5) is 13.9 Å². The number of anilines is 1. The molecule has 2 amide bonds. The zero-order valence-corrected chi connectivity index (χ0v) is 19.2. The van der Waals surface area contributed by atoms with E-state index in [9.17, 15) is 18.4 Å². The summed E-state index contributed by atoms with van der Waals surface area (Å²) >= 11 is 4.97. The van der Waals surface area contributed by atoms with Gasteiger partial charge in [0.1, 0.15) is 6.04 Å². The van der Waals surface area contributed by atoms with Crippen LogP contribution in [-0.2, 0) is 4.79 Å². The molecule has 3 aromatic rings. The second-order valence-electron chi connectivity index (χ2n) is 6.72. The summed E-state index contributed by atoms with van der Waals surface area (Å²) in [5.41, 5.74) is 1.05. The van der Waals surface area contributed by atoms with Gasteiger partial charge in [0, 0.05) is 14.9 Å². The van der Waals surface area contributed by atoms with Crippen molar-refractivity contribution in [3.05, 3.63) is 52.5 Å². The Kier molecular flexibility index (Phi) is 7.43. The summed E-state index contributed by atoms with van der Waals surface area (Å²) in [6.07, 6.45) is 0. The van der Waals surface area contributed by atoms with Crippen molar-refractivity contribution in [2.45, 2.75) is 30.5 Å². The van der Waals surface area contributed by atoms with Gasteiger partial charge in [0.25, 0.3) is 11.7 Å². The first-order chi connectivity index (χ1) is 14.2. The number of aromatic nitrogens is 1. The van der Waals surface area contributed by atoms with Crippen LogP contribution in [0.25, 0.3) is 10.2 Å². The van der Waals surface area contributed by atoms with Gasteiger partial charge in [-0.2, -0.15) is 8.78 Å². The standard InChI is InChI=1S/C20H18BrF2N3O2S2/c1-10(2)16(25-17(27)11-3-5-12(21)6-4-11)18(28)26-20-24-14-8-7-13(29-19(22)23)9-15(14)30-20/h3-10,16,19H,1-2H3,(H,25,27)(H,24,26,28). The van der Waals surface area contributed by atoms with E-state index in [0.29, 0.717) is 37.6 Å². The molecule has 158 valence electrons. The molecule has 0 fully saturated rings. The normalized spacial score (nSPS) is 12.4. The van der Waals surface area contributed by atoms with E-state index < -0.39 is 17.7 Å². The smallest absolute Gasteiger partial charge is 0.288 e. The van der Waals surface area contributed by atoms with Crippen molar-refractivity contribution in [3.8, 4) is 0 Å². The second-order valence-corrected chi connectivity index (χ2v) is 9.73. The van der Waals surface area contributed by atoms with Crippen molar-refractivity contribution < 1.29 is 18.4 Å². The Bertz CT molecular complexity index is 1060. The average Bonchev–Trinajstić information content (AvgIpc) is 3.07. The SMILES string of the molecule is CC(C)C(NC(=O)c1ccc(Br)cc1)C(=O)Nc1nc2ccc(SC(F)F)cc2s1. The van der Waals surface area contributed by atoms with E-state index in [4.69, 9.17) is 0 Å². The predicted molar refractivity (Wildman–Crippen MR) is 120 cm³/mol. The number of thiazole rings is 1. The molecule has 0 aliphatic carbocycles. The molecule has 0 aliphatic heterocycles. The highest BCUT2D eigenvalue weighted by atomic mass is 79.9. The zero-order valence-electron chi connectivity index (χ0n) is 16.0. The summed E-state index contributed by atoms with van der Waals surface area (Å²) in [5, 5.41) is 5.84. The van der Waals surface area contributed by atoms with Gasteiger partial charge < -0.3 is 10.6 Å². The van der Waals surface area contributed by atoms with Gasteiger partial charge in [-0.3, -0.25) is 9.59 Å². The molecule has 0 aliphatic rings. The fraction of sp³-hybridized carbons (Fsp3) is 0.250. The molecule has 30 heavy (non-hydrogen) atoms. The maximum atomic E-state index is 12.8. The van der Waals surface area contributed by atoms with Crippen molar-refractivity contribution in [1.82, 2.24) is 10.3 Å². The number of alkyl halides is 2. The number of nitrogens with zero attached hydrogens (tertiary/aromatic N) is 1. The quantitative estimate of drug-likeness (QED) is 0.393.